The van der Waals surface area contributed by atoms with Gasteiger partial charge in [0.1, 0.15) is 0 Å². The maximum Gasteiger partial charge on any atom is 0.0594 e. The summed E-state index contributed by atoms with van der Waals surface area (Å²) in [6, 6.07) is 8.72. The molecule has 1 fully saturated rings. The van der Waals surface area contributed by atoms with Gasteiger partial charge in [-0.15, -0.1) is 0 Å². The second kappa shape index (κ2) is 6.62. The Bertz CT molecular complexity index is 335. The van der Waals surface area contributed by atoms with Crippen molar-refractivity contribution in [3.63, 3.8) is 0 Å². The van der Waals surface area contributed by atoms with Crippen LogP contribution in [0.25, 0.3) is 0 Å². The molecule has 0 atom stereocenters. The first kappa shape index (κ1) is 12.4. The molecule has 0 aliphatic carbocycles. The molecule has 3 nitrogen and oxygen atoms in total. The van der Waals surface area contributed by atoms with Crippen molar-refractivity contribution >= 4 is 5.69 Å². The monoisotopic (exact) mass is 234 g/mol. The van der Waals surface area contributed by atoms with E-state index in [1.165, 1.54) is 11.3 Å². The highest BCUT2D eigenvalue weighted by Gasteiger charge is 2.09. The topological polar surface area (TPSA) is 24.5 Å². The Hall–Kier alpha value is -1.06. The lowest BCUT2D eigenvalue weighted by molar-refractivity contribution is 0.0384. The predicted octanol–water partition coefficient (Wildman–Crippen LogP) is 1.99. The SMILES string of the molecule is CCNc1cccc(CCN2CCOCC2)c1. The van der Waals surface area contributed by atoms with Crippen molar-refractivity contribution in [1.29, 1.82) is 0 Å². The molecule has 1 aromatic rings. The fourth-order valence-electron chi connectivity index (χ4n) is 2.15. The zero-order valence-electron chi connectivity index (χ0n) is 10.6. The van der Waals surface area contributed by atoms with Gasteiger partial charge in [-0.1, -0.05) is 12.1 Å². The lowest BCUT2D eigenvalue weighted by Crippen LogP contribution is -2.37. The van der Waals surface area contributed by atoms with E-state index in [9.17, 15) is 0 Å². The number of benzene rings is 1. The van der Waals surface area contributed by atoms with Gasteiger partial charge in [0, 0.05) is 31.9 Å². The van der Waals surface area contributed by atoms with Crippen molar-refractivity contribution in [3.8, 4) is 0 Å². The minimum Gasteiger partial charge on any atom is -0.385 e. The number of hydrogen-bond donors (Lipinski definition) is 1. The first-order valence-corrected chi connectivity index (χ1v) is 6.51. The van der Waals surface area contributed by atoms with Crippen molar-refractivity contribution in [2.75, 3.05) is 44.7 Å². The van der Waals surface area contributed by atoms with Gasteiger partial charge in [-0.3, -0.25) is 4.90 Å². The number of nitrogens with zero attached hydrogens (tertiary/aromatic N) is 1. The largest absolute Gasteiger partial charge is 0.385 e. The molecule has 1 N–H and O–H groups in total. The molecular formula is C14H22N2O. The molecule has 0 amide bonds. The van der Waals surface area contributed by atoms with Crippen LogP contribution in [-0.4, -0.2) is 44.3 Å². The third-order valence-electron chi connectivity index (χ3n) is 3.13. The molecule has 0 spiro atoms. The van der Waals surface area contributed by atoms with Crippen molar-refractivity contribution in [2.24, 2.45) is 0 Å². The maximum absolute atomic E-state index is 5.35. The lowest BCUT2D eigenvalue weighted by Gasteiger charge is -2.26. The number of hydrogen-bond acceptors (Lipinski definition) is 3. The van der Waals surface area contributed by atoms with Crippen molar-refractivity contribution < 1.29 is 4.74 Å². The Kier molecular flexibility index (Phi) is 4.83. The molecule has 17 heavy (non-hydrogen) atoms. The predicted molar refractivity (Wildman–Crippen MR) is 71.6 cm³/mol. The molecule has 1 aliphatic heterocycles. The lowest BCUT2D eigenvalue weighted by atomic mass is 10.1. The van der Waals surface area contributed by atoms with Gasteiger partial charge in [0.15, 0.2) is 0 Å². The van der Waals surface area contributed by atoms with Gasteiger partial charge in [-0.05, 0) is 31.0 Å². The van der Waals surface area contributed by atoms with Crippen LogP contribution in [0, 0.1) is 0 Å². The molecule has 1 aliphatic rings. The number of morpholine rings is 1. The molecule has 0 aromatic heterocycles. The molecule has 2 rings (SSSR count). The van der Waals surface area contributed by atoms with Crippen LogP contribution in [0.15, 0.2) is 24.3 Å². The summed E-state index contributed by atoms with van der Waals surface area (Å²) in [6.45, 7) is 8.17. The minimum absolute atomic E-state index is 0.886. The number of anilines is 1. The zero-order valence-corrected chi connectivity index (χ0v) is 10.6. The Labute approximate surface area is 104 Å². The Morgan fingerprint density at radius 1 is 1.29 bits per heavy atom. The summed E-state index contributed by atoms with van der Waals surface area (Å²) in [5, 5.41) is 3.35. The fraction of sp³-hybridized carbons (Fsp3) is 0.571. The van der Waals surface area contributed by atoms with Gasteiger partial charge in [-0.2, -0.15) is 0 Å². The molecule has 0 unspecified atom stereocenters. The molecule has 94 valence electrons. The summed E-state index contributed by atoms with van der Waals surface area (Å²) in [5.74, 6) is 0. The summed E-state index contributed by atoms with van der Waals surface area (Å²) in [5.41, 5.74) is 2.64. The van der Waals surface area contributed by atoms with Crippen LogP contribution in [0.2, 0.25) is 0 Å². The van der Waals surface area contributed by atoms with Gasteiger partial charge >= 0.3 is 0 Å². The molecule has 0 saturated carbocycles. The Morgan fingerprint density at radius 3 is 2.88 bits per heavy atom. The van der Waals surface area contributed by atoms with E-state index in [1.54, 1.807) is 0 Å². The van der Waals surface area contributed by atoms with Crippen molar-refractivity contribution in [2.45, 2.75) is 13.3 Å². The minimum atomic E-state index is 0.886. The average Bonchev–Trinajstić information content (AvgIpc) is 2.39. The van der Waals surface area contributed by atoms with Crippen LogP contribution in [0.5, 0.6) is 0 Å². The Balaban J connectivity index is 1.83. The van der Waals surface area contributed by atoms with E-state index < -0.39 is 0 Å². The molecular weight excluding hydrogens is 212 g/mol. The highest BCUT2D eigenvalue weighted by Crippen LogP contribution is 2.11. The summed E-state index contributed by atoms with van der Waals surface area (Å²) in [4.78, 5) is 2.48. The number of rotatable bonds is 5. The van der Waals surface area contributed by atoms with E-state index in [-0.39, 0.29) is 0 Å². The molecule has 3 heteroatoms. The molecule has 1 heterocycles. The number of ether oxygens (including phenoxy) is 1. The van der Waals surface area contributed by atoms with E-state index in [1.807, 2.05) is 0 Å². The summed E-state index contributed by atoms with van der Waals surface area (Å²) >= 11 is 0. The van der Waals surface area contributed by atoms with E-state index >= 15 is 0 Å². The van der Waals surface area contributed by atoms with E-state index in [4.69, 9.17) is 4.74 Å². The average molecular weight is 234 g/mol. The van der Waals surface area contributed by atoms with E-state index in [0.717, 1.165) is 45.8 Å². The normalized spacial score (nSPS) is 17.0. The van der Waals surface area contributed by atoms with Gasteiger partial charge in [0.2, 0.25) is 0 Å². The number of nitrogens with one attached hydrogen (secondary N) is 1. The van der Waals surface area contributed by atoms with Gasteiger partial charge in [0.05, 0.1) is 13.2 Å². The highest BCUT2D eigenvalue weighted by atomic mass is 16.5. The third kappa shape index (κ3) is 4.02. The zero-order chi connectivity index (χ0) is 11.9. The van der Waals surface area contributed by atoms with Gasteiger partial charge in [0.25, 0.3) is 0 Å². The van der Waals surface area contributed by atoms with E-state index in [0.29, 0.717) is 0 Å². The fourth-order valence-corrected chi connectivity index (χ4v) is 2.15. The molecule has 1 saturated heterocycles. The van der Waals surface area contributed by atoms with Gasteiger partial charge in [-0.25, -0.2) is 0 Å². The van der Waals surface area contributed by atoms with E-state index in [2.05, 4.69) is 41.4 Å². The van der Waals surface area contributed by atoms with Crippen LogP contribution >= 0.6 is 0 Å². The summed E-state index contributed by atoms with van der Waals surface area (Å²) in [7, 11) is 0. The second-order valence-electron chi connectivity index (χ2n) is 4.43. The molecule has 0 bridgehead atoms. The first-order chi connectivity index (χ1) is 8.38. The van der Waals surface area contributed by atoms with Crippen molar-refractivity contribution in [1.82, 2.24) is 4.90 Å². The molecule has 1 aromatic carbocycles. The quantitative estimate of drug-likeness (QED) is 0.843. The van der Waals surface area contributed by atoms with Crippen LogP contribution in [0.4, 0.5) is 5.69 Å². The second-order valence-corrected chi connectivity index (χ2v) is 4.43. The van der Waals surface area contributed by atoms with Gasteiger partial charge < -0.3 is 10.1 Å². The van der Waals surface area contributed by atoms with Crippen LogP contribution < -0.4 is 5.32 Å². The highest BCUT2D eigenvalue weighted by molar-refractivity contribution is 5.45. The maximum atomic E-state index is 5.35. The van der Waals surface area contributed by atoms with Crippen LogP contribution in [0.1, 0.15) is 12.5 Å². The first-order valence-electron chi connectivity index (χ1n) is 6.51. The third-order valence-corrected chi connectivity index (χ3v) is 3.13. The summed E-state index contributed by atoms with van der Waals surface area (Å²) < 4.78 is 5.35. The van der Waals surface area contributed by atoms with Crippen LogP contribution in [-0.2, 0) is 11.2 Å². The Morgan fingerprint density at radius 2 is 2.12 bits per heavy atom. The van der Waals surface area contributed by atoms with Crippen LogP contribution in [0.3, 0.4) is 0 Å². The smallest absolute Gasteiger partial charge is 0.0594 e. The molecule has 0 radical (unpaired) electrons. The van der Waals surface area contributed by atoms with Crippen molar-refractivity contribution in [3.05, 3.63) is 29.8 Å². The standard InChI is InChI=1S/C14H22N2O/c1-2-15-14-5-3-4-13(12-14)6-7-16-8-10-17-11-9-16/h3-5,12,15H,2,6-11H2,1H3. The summed E-state index contributed by atoms with van der Waals surface area (Å²) in [6.07, 6.45) is 1.12.